The lowest BCUT2D eigenvalue weighted by Crippen LogP contribution is -2.47. The number of rotatable bonds is 8. The summed E-state index contributed by atoms with van der Waals surface area (Å²) in [6.07, 6.45) is 2.50. The zero-order valence-electron chi connectivity index (χ0n) is 11.4. The topological polar surface area (TPSA) is 70.6 Å². The van der Waals surface area contributed by atoms with Gasteiger partial charge in [0, 0.05) is 18.7 Å². The summed E-state index contributed by atoms with van der Waals surface area (Å²) in [7, 11) is 0. The molecule has 18 heavy (non-hydrogen) atoms. The molecule has 0 aromatic rings. The van der Waals surface area contributed by atoms with E-state index in [-0.39, 0.29) is 30.5 Å². The van der Waals surface area contributed by atoms with Crippen LogP contribution < -0.4 is 10.6 Å². The van der Waals surface area contributed by atoms with E-state index in [4.69, 9.17) is 9.84 Å². The van der Waals surface area contributed by atoms with Crippen LogP contribution in [-0.2, 0) is 9.53 Å². The third kappa shape index (κ3) is 4.55. The van der Waals surface area contributed by atoms with Crippen LogP contribution in [0.1, 0.15) is 33.1 Å². The van der Waals surface area contributed by atoms with Gasteiger partial charge in [-0.15, -0.1) is 0 Å². The average molecular weight is 258 g/mol. The molecule has 5 nitrogen and oxygen atoms in total. The summed E-state index contributed by atoms with van der Waals surface area (Å²) >= 11 is 0. The van der Waals surface area contributed by atoms with Gasteiger partial charge in [0.2, 0.25) is 5.91 Å². The van der Waals surface area contributed by atoms with Crippen molar-refractivity contribution in [2.75, 3.05) is 26.4 Å². The molecular weight excluding hydrogens is 232 g/mol. The Kier molecular flexibility index (Phi) is 7.23. The third-order valence-electron chi connectivity index (χ3n) is 3.39. The number of ether oxygens (including phenoxy) is 1. The Hall–Kier alpha value is -0.650. The van der Waals surface area contributed by atoms with Crippen LogP contribution in [0.15, 0.2) is 0 Å². The van der Waals surface area contributed by atoms with E-state index in [9.17, 15) is 4.79 Å². The van der Waals surface area contributed by atoms with Crippen LogP contribution in [0, 0.1) is 5.92 Å². The molecule has 1 fully saturated rings. The molecule has 0 saturated carbocycles. The Balaban J connectivity index is 2.43. The summed E-state index contributed by atoms with van der Waals surface area (Å²) in [6, 6.07) is 0.187. The highest BCUT2D eigenvalue weighted by atomic mass is 16.5. The second-order valence-corrected chi connectivity index (χ2v) is 4.83. The van der Waals surface area contributed by atoms with Crippen molar-refractivity contribution in [2.24, 2.45) is 5.92 Å². The van der Waals surface area contributed by atoms with E-state index in [1.54, 1.807) is 0 Å². The van der Waals surface area contributed by atoms with Gasteiger partial charge in [0.1, 0.15) is 0 Å². The number of aliphatic hydroxyl groups is 1. The highest BCUT2D eigenvalue weighted by molar-refractivity contribution is 5.80. The van der Waals surface area contributed by atoms with Crippen molar-refractivity contribution in [1.82, 2.24) is 10.6 Å². The molecule has 3 unspecified atom stereocenters. The Bertz CT molecular complexity index is 248. The van der Waals surface area contributed by atoms with Gasteiger partial charge in [0.05, 0.1) is 19.1 Å². The van der Waals surface area contributed by atoms with E-state index in [1.165, 1.54) is 0 Å². The lowest BCUT2D eigenvalue weighted by molar-refractivity contribution is -0.126. The van der Waals surface area contributed by atoms with Gasteiger partial charge in [-0.05, 0) is 25.8 Å². The van der Waals surface area contributed by atoms with Crippen LogP contribution in [-0.4, -0.2) is 49.5 Å². The first kappa shape index (κ1) is 15.4. The van der Waals surface area contributed by atoms with Gasteiger partial charge in [-0.1, -0.05) is 13.8 Å². The van der Waals surface area contributed by atoms with Crippen LogP contribution in [0.4, 0.5) is 0 Å². The monoisotopic (exact) mass is 258 g/mol. The molecule has 1 aliphatic heterocycles. The summed E-state index contributed by atoms with van der Waals surface area (Å²) < 4.78 is 5.39. The first-order valence-electron chi connectivity index (χ1n) is 6.95. The van der Waals surface area contributed by atoms with Crippen molar-refractivity contribution in [1.29, 1.82) is 0 Å². The second kappa shape index (κ2) is 8.45. The Morgan fingerprint density at radius 1 is 1.44 bits per heavy atom. The fraction of sp³-hybridized carbons (Fsp3) is 0.923. The number of aliphatic hydroxyl groups excluding tert-OH is 1. The third-order valence-corrected chi connectivity index (χ3v) is 3.39. The number of hydrogen-bond acceptors (Lipinski definition) is 4. The van der Waals surface area contributed by atoms with Crippen LogP contribution in [0.3, 0.4) is 0 Å². The maximum atomic E-state index is 12.2. The van der Waals surface area contributed by atoms with Crippen molar-refractivity contribution in [2.45, 2.75) is 45.2 Å². The number of carbonyl (C=O) groups is 1. The van der Waals surface area contributed by atoms with E-state index < -0.39 is 0 Å². The van der Waals surface area contributed by atoms with E-state index in [0.717, 1.165) is 19.4 Å². The standard InChI is InChI=1S/C13H26N2O3/c1-3-6-14-12-9-18-8-11(12)13(17)15-10(4-2)5-7-16/h10-12,14,16H,3-9H2,1-2H3,(H,15,17). The maximum Gasteiger partial charge on any atom is 0.227 e. The lowest BCUT2D eigenvalue weighted by Gasteiger charge is -2.22. The van der Waals surface area contributed by atoms with Gasteiger partial charge in [-0.2, -0.15) is 0 Å². The van der Waals surface area contributed by atoms with E-state index in [1.807, 2.05) is 6.92 Å². The summed E-state index contributed by atoms with van der Waals surface area (Å²) in [4.78, 5) is 12.2. The molecule has 1 heterocycles. The molecule has 0 aliphatic carbocycles. The van der Waals surface area contributed by atoms with Crippen LogP contribution in [0.5, 0.6) is 0 Å². The molecular formula is C13H26N2O3. The van der Waals surface area contributed by atoms with Crippen LogP contribution in [0.2, 0.25) is 0 Å². The van der Waals surface area contributed by atoms with E-state index in [2.05, 4.69) is 17.6 Å². The molecule has 5 heteroatoms. The molecule has 0 spiro atoms. The summed E-state index contributed by atoms with van der Waals surface area (Å²) in [6.45, 7) is 6.23. The van der Waals surface area contributed by atoms with Crippen molar-refractivity contribution >= 4 is 5.91 Å². The second-order valence-electron chi connectivity index (χ2n) is 4.83. The van der Waals surface area contributed by atoms with E-state index in [0.29, 0.717) is 19.6 Å². The molecule has 1 rings (SSSR count). The molecule has 1 saturated heterocycles. The minimum Gasteiger partial charge on any atom is -0.396 e. The van der Waals surface area contributed by atoms with E-state index >= 15 is 0 Å². The molecule has 106 valence electrons. The zero-order chi connectivity index (χ0) is 13.4. The molecule has 3 N–H and O–H groups in total. The maximum absolute atomic E-state index is 12.2. The number of carbonyl (C=O) groups excluding carboxylic acids is 1. The molecule has 3 atom stereocenters. The van der Waals surface area contributed by atoms with Gasteiger partial charge in [0.15, 0.2) is 0 Å². The van der Waals surface area contributed by atoms with Crippen LogP contribution >= 0.6 is 0 Å². The van der Waals surface area contributed by atoms with Crippen LogP contribution in [0.25, 0.3) is 0 Å². The van der Waals surface area contributed by atoms with Gasteiger partial charge in [-0.3, -0.25) is 4.79 Å². The predicted molar refractivity (Wildman–Crippen MR) is 70.3 cm³/mol. The smallest absolute Gasteiger partial charge is 0.227 e. The molecule has 0 aromatic heterocycles. The molecule has 1 aliphatic rings. The fourth-order valence-corrected chi connectivity index (χ4v) is 2.19. The average Bonchev–Trinajstić information content (AvgIpc) is 2.84. The molecule has 0 aromatic carbocycles. The largest absolute Gasteiger partial charge is 0.396 e. The van der Waals surface area contributed by atoms with Gasteiger partial charge < -0.3 is 20.5 Å². The molecule has 1 amide bonds. The minimum atomic E-state index is -0.107. The first-order chi connectivity index (χ1) is 8.72. The minimum absolute atomic E-state index is 0.0430. The number of hydrogen-bond donors (Lipinski definition) is 3. The predicted octanol–water partition coefficient (Wildman–Crippen LogP) is 0.278. The fourth-order valence-electron chi connectivity index (χ4n) is 2.19. The van der Waals surface area contributed by atoms with Gasteiger partial charge >= 0.3 is 0 Å². The summed E-state index contributed by atoms with van der Waals surface area (Å²) in [5.41, 5.74) is 0. The Labute approximate surface area is 109 Å². The van der Waals surface area contributed by atoms with Gasteiger partial charge in [0.25, 0.3) is 0 Å². The molecule has 0 bridgehead atoms. The normalized spacial score (nSPS) is 25.1. The van der Waals surface area contributed by atoms with Crippen molar-refractivity contribution in [3.8, 4) is 0 Å². The SMILES string of the molecule is CCCNC1COCC1C(=O)NC(CC)CCO. The first-order valence-corrected chi connectivity index (χ1v) is 6.95. The highest BCUT2D eigenvalue weighted by Gasteiger charge is 2.34. The zero-order valence-corrected chi connectivity index (χ0v) is 11.4. The Morgan fingerprint density at radius 2 is 2.22 bits per heavy atom. The summed E-state index contributed by atoms with van der Waals surface area (Å²) in [5.74, 6) is -0.0642. The van der Waals surface area contributed by atoms with Crippen molar-refractivity contribution in [3.63, 3.8) is 0 Å². The van der Waals surface area contributed by atoms with Crippen molar-refractivity contribution in [3.05, 3.63) is 0 Å². The highest BCUT2D eigenvalue weighted by Crippen LogP contribution is 2.14. The van der Waals surface area contributed by atoms with Gasteiger partial charge in [-0.25, -0.2) is 0 Å². The number of amides is 1. The number of nitrogens with one attached hydrogen (secondary N) is 2. The lowest BCUT2D eigenvalue weighted by atomic mass is 10.0. The van der Waals surface area contributed by atoms with Crippen molar-refractivity contribution < 1.29 is 14.6 Å². The molecule has 0 radical (unpaired) electrons. The Morgan fingerprint density at radius 3 is 2.83 bits per heavy atom. The summed E-state index contributed by atoms with van der Waals surface area (Å²) in [5, 5.41) is 15.3. The quantitative estimate of drug-likeness (QED) is 0.585.